The van der Waals surface area contributed by atoms with Crippen molar-refractivity contribution in [3.05, 3.63) is 53.3 Å². The van der Waals surface area contributed by atoms with Crippen LogP contribution in [0.25, 0.3) is 0 Å². The van der Waals surface area contributed by atoms with E-state index in [1.54, 1.807) is 18.3 Å². The molecule has 0 fully saturated rings. The maximum atomic E-state index is 11.9. The van der Waals surface area contributed by atoms with Gasteiger partial charge in [-0.25, -0.2) is 0 Å². The van der Waals surface area contributed by atoms with Crippen LogP contribution in [-0.2, 0) is 11.2 Å². The normalized spacial score (nSPS) is 10.2. The lowest BCUT2D eigenvalue weighted by Crippen LogP contribution is -2.15. The summed E-state index contributed by atoms with van der Waals surface area (Å²) in [6.07, 6.45) is 1.80. The molecule has 0 unspecified atom stereocenters. The van der Waals surface area contributed by atoms with E-state index in [1.165, 1.54) is 0 Å². The topological polar surface area (TPSA) is 68.0 Å². The van der Waals surface area contributed by atoms with Gasteiger partial charge in [-0.1, -0.05) is 6.07 Å². The Balaban J connectivity index is 2.03. The maximum Gasteiger partial charge on any atom is 0.230 e. The summed E-state index contributed by atoms with van der Waals surface area (Å²) < 4.78 is 0. The van der Waals surface area contributed by atoms with Gasteiger partial charge in [0.1, 0.15) is 0 Å². The molecule has 0 aliphatic rings. The third kappa shape index (κ3) is 3.81. The number of nitrogen functional groups attached to an aromatic ring is 1. The number of nitrogens with zero attached hydrogens (tertiary/aromatic N) is 1. The highest BCUT2D eigenvalue weighted by atomic mass is 16.1. The van der Waals surface area contributed by atoms with Crippen molar-refractivity contribution in [3.8, 4) is 0 Å². The minimum Gasteiger partial charge on any atom is -0.397 e. The number of benzene rings is 1. The summed E-state index contributed by atoms with van der Waals surface area (Å²) in [6.45, 7) is 4.01. The molecule has 2 rings (SSSR count). The van der Waals surface area contributed by atoms with Gasteiger partial charge in [-0.15, -0.1) is 0 Å². The van der Waals surface area contributed by atoms with Crippen LogP contribution in [0.15, 0.2) is 36.5 Å². The number of aromatic nitrogens is 1. The maximum absolute atomic E-state index is 11.9. The molecule has 2 aromatic rings. The van der Waals surface area contributed by atoms with Gasteiger partial charge in [0.05, 0.1) is 18.3 Å². The predicted molar refractivity (Wildman–Crippen MR) is 76.9 cm³/mol. The number of carbonyl (C=O) groups is 1. The molecular formula is C15H17N3O. The van der Waals surface area contributed by atoms with E-state index in [-0.39, 0.29) is 12.3 Å². The number of hydrogen-bond donors (Lipinski definition) is 2. The molecule has 4 nitrogen and oxygen atoms in total. The molecule has 0 atom stereocenters. The minimum atomic E-state index is -0.0812. The number of anilines is 2. The smallest absolute Gasteiger partial charge is 0.230 e. The zero-order valence-corrected chi connectivity index (χ0v) is 11.1. The van der Waals surface area contributed by atoms with E-state index < -0.39 is 0 Å². The van der Waals surface area contributed by atoms with Gasteiger partial charge in [-0.2, -0.15) is 0 Å². The Morgan fingerprint density at radius 1 is 1.21 bits per heavy atom. The zero-order valence-electron chi connectivity index (χ0n) is 11.1. The highest BCUT2D eigenvalue weighted by molar-refractivity contribution is 5.92. The van der Waals surface area contributed by atoms with Gasteiger partial charge in [0.15, 0.2) is 0 Å². The number of hydrogen-bond acceptors (Lipinski definition) is 3. The highest BCUT2D eigenvalue weighted by Crippen LogP contribution is 2.14. The Morgan fingerprint density at radius 3 is 2.47 bits per heavy atom. The Hall–Kier alpha value is -2.36. The summed E-state index contributed by atoms with van der Waals surface area (Å²) in [5, 5.41) is 2.88. The molecule has 1 aromatic carbocycles. The van der Waals surface area contributed by atoms with Gasteiger partial charge in [0.25, 0.3) is 0 Å². The van der Waals surface area contributed by atoms with Crippen molar-refractivity contribution in [2.24, 2.45) is 0 Å². The zero-order chi connectivity index (χ0) is 13.8. The molecule has 1 aromatic heterocycles. The standard InChI is InChI=1S/C15H17N3O/c1-10-5-11(2)7-14(6-10)18-15(19)8-13-4-3-12(16)9-17-13/h3-7,9H,8,16H2,1-2H3,(H,18,19). The van der Waals surface area contributed by atoms with Crippen molar-refractivity contribution in [2.75, 3.05) is 11.1 Å². The number of nitrogens with two attached hydrogens (primary N) is 1. The van der Waals surface area contributed by atoms with Crippen molar-refractivity contribution < 1.29 is 4.79 Å². The second kappa shape index (κ2) is 5.52. The Bertz CT molecular complexity index is 571. The number of aryl methyl sites for hydroxylation is 2. The van der Waals surface area contributed by atoms with E-state index in [9.17, 15) is 4.79 Å². The van der Waals surface area contributed by atoms with Gasteiger partial charge >= 0.3 is 0 Å². The third-order valence-electron chi connectivity index (χ3n) is 2.69. The van der Waals surface area contributed by atoms with E-state index in [1.807, 2.05) is 26.0 Å². The van der Waals surface area contributed by atoms with Gasteiger partial charge < -0.3 is 11.1 Å². The van der Waals surface area contributed by atoms with Crippen molar-refractivity contribution in [2.45, 2.75) is 20.3 Å². The minimum absolute atomic E-state index is 0.0812. The molecule has 1 heterocycles. The van der Waals surface area contributed by atoms with Crippen molar-refractivity contribution in [3.63, 3.8) is 0 Å². The van der Waals surface area contributed by atoms with Gasteiger partial charge in [0.2, 0.25) is 5.91 Å². The molecule has 19 heavy (non-hydrogen) atoms. The van der Waals surface area contributed by atoms with Crippen molar-refractivity contribution >= 4 is 17.3 Å². The summed E-state index contributed by atoms with van der Waals surface area (Å²) in [5.74, 6) is -0.0812. The second-order valence-electron chi connectivity index (χ2n) is 4.68. The Labute approximate surface area is 112 Å². The monoisotopic (exact) mass is 255 g/mol. The highest BCUT2D eigenvalue weighted by Gasteiger charge is 2.05. The summed E-state index contributed by atoms with van der Waals surface area (Å²) in [5.41, 5.74) is 9.92. The van der Waals surface area contributed by atoms with Crippen LogP contribution in [0.4, 0.5) is 11.4 Å². The van der Waals surface area contributed by atoms with Gasteiger partial charge in [-0.3, -0.25) is 9.78 Å². The van der Waals surface area contributed by atoms with Crippen LogP contribution in [0.3, 0.4) is 0 Å². The third-order valence-corrected chi connectivity index (χ3v) is 2.69. The molecular weight excluding hydrogens is 238 g/mol. The van der Waals surface area contributed by atoms with Gasteiger partial charge in [-0.05, 0) is 49.2 Å². The van der Waals surface area contributed by atoms with Crippen LogP contribution >= 0.6 is 0 Å². The predicted octanol–water partition coefficient (Wildman–Crippen LogP) is 2.46. The average Bonchev–Trinajstić information content (AvgIpc) is 2.30. The second-order valence-corrected chi connectivity index (χ2v) is 4.68. The SMILES string of the molecule is Cc1cc(C)cc(NC(=O)Cc2ccc(N)cn2)c1. The first-order valence-electron chi connectivity index (χ1n) is 6.11. The number of carbonyl (C=O) groups excluding carboxylic acids is 1. The Morgan fingerprint density at radius 2 is 1.89 bits per heavy atom. The molecule has 0 spiro atoms. The summed E-state index contributed by atoms with van der Waals surface area (Å²) >= 11 is 0. The quantitative estimate of drug-likeness (QED) is 0.885. The first kappa shape index (κ1) is 13.1. The number of amides is 1. The van der Waals surface area contributed by atoms with Crippen LogP contribution in [0, 0.1) is 13.8 Å². The van der Waals surface area contributed by atoms with Crippen LogP contribution in [0.5, 0.6) is 0 Å². The molecule has 0 aliphatic carbocycles. The van der Waals surface area contributed by atoms with E-state index in [0.717, 1.165) is 16.8 Å². The first-order chi connectivity index (χ1) is 9.02. The average molecular weight is 255 g/mol. The fourth-order valence-corrected chi connectivity index (χ4v) is 1.96. The fraction of sp³-hybridized carbons (Fsp3) is 0.200. The van der Waals surface area contributed by atoms with Crippen LogP contribution < -0.4 is 11.1 Å². The summed E-state index contributed by atoms with van der Waals surface area (Å²) in [6, 6.07) is 9.46. The molecule has 4 heteroatoms. The van der Waals surface area contributed by atoms with E-state index in [0.29, 0.717) is 11.4 Å². The van der Waals surface area contributed by atoms with Gasteiger partial charge in [0, 0.05) is 11.4 Å². The van der Waals surface area contributed by atoms with E-state index in [2.05, 4.69) is 16.4 Å². The van der Waals surface area contributed by atoms with E-state index >= 15 is 0 Å². The molecule has 98 valence electrons. The summed E-state index contributed by atoms with van der Waals surface area (Å²) in [7, 11) is 0. The molecule has 1 amide bonds. The fourth-order valence-electron chi connectivity index (χ4n) is 1.96. The van der Waals surface area contributed by atoms with Crippen molar-refractivity contribution in [1.82, 2.24) is 4.98 Å². The van der Waals surface area contributed by atoms with E-state index in [4.69, 9.17) is 5.73 Å². The summed E-state index contributed by atoms with van der Waals surface area (Å²) in [4.78, 5) is 16.0. The van der Waals surface area contributed by atoms with Crippen LogP contribution in [0.2, 0.25) is 0 Å². The molecule has 0 aliphatic heterocycles. The van der Waals surface area contributed by atoms with Crippen LogP contribution in [-0.4, -0.2) is 10.9 Å². The lowest BCUT2D eigenvalue weighted by molar-refractivity contribution is -0.115. The van der Waals surface area contributed by atoms with Crippen LogP contribution in [0.1, 0.15) is 16.8 Å². The lowest BCUT2D eigenvalue weighted by atomic mass is 10.1. The lowest BCUT2D eigenvalue weighted by Gasteiger charge is -2.07. The first-order valence-corrected chi connectivity index (χ1v) is 6.11. The molecule has 3 N–H and O–H groups in total. The molecule has 0 saturated carbocycles. The number of nitrogens with one attached hydrogen (secondary N) is 1. The Kier molecular flexibility index (Phi) is 3.80. The molecule has 0 bridgehead atoms. The molecule has 0 saturated heterocycles. The number of pyridine rings is 1. The largest absolute Gasteiger partial charge is 0.397 e. The number of rotatable bonds is 3. The molecule has 0 radical (unpaired) electrons. The van der Waals surface area contributed by atoms with Crippen molar-refractivity contribution in [1.29, 1.82) is 0 Å².